The molecule has 0 bridgehead atoms. The van der Waals surface area contributed by atoms with E-state index in [1.165, 1.54) is 6.20 Å². The summed E-state index contributed by atoms with van der Waals surface area (Å²) in [5, 5.41) is 19.3. The van der Waals surface area contributed by atoms with E-state index in [1.54, 1.807) is 17.7 Å². The van der Waals surface area contributed by atoms with Crippen LogP contribution in [0.4, 0.5) is 0 Å². The molecule has 0 radical (unpaired) electrons. The number of carbonyl (C=O) groups excluding carboxylic acids is 1. The molecule has 0 aliphatic heterocycles. The van der Waals surface area contributed by atoms with Crippen molar-refractivity contribution in [1.29, 1.82) is 0 Å². The van der Waals surface area contributed by atoms with E-state index in [2.05, 4.69) is 9.72 Å². The van der Waals surface area contributed by atoms with Crippen LogP contribution in [-0.4, -0.2) is 38.4 Å². The molecule has 1 rings (SSSR count). The standard InChI is InChI=1S/C10H16N2O4/c1-3-12-6-5-11-9(12)7(13)8(14)10(15)16-4-2/h5-8,13-14H,3-4H2,1-2H3. The van der Waals surface area contributed by atoms with E-state index in [-0.39, 0.29) is 12.4 Å². The van der Waals surface area contributed by atoms with Gasteiger partial charge in [-0.3, -0.25) is 0 Å². The summed E-state index contributed by atoms with van der Waals surface area (Å²) < 4.78 is 6.26. The number of hydrogen-bond acceptors (Lipinski definition) is 5. The second-order valence-electron chi connectivity index (χ2n) is 3.21. The summed E-state index contributed by atoms with van der Waals surface area (Å²) in [6.07, 6.45) is 0.192. The summed E-state index contributed by atoms with van der Waals surface area (Å²) in [5.74, 6) is -0.594. The molecule has 16 heavy (non-hydrogen) atoms. The summed E-state index contributed by atoms with van der Waals surface area (Å²) in [4.78, 5) is 15.1. The van der Waals surface area contributed by atoms with Gasteiger partial charge in [0, 0.05) is 18.9 Å². The van der Waals surface area contributed by atoms with Crippen molar-refractivity contribution in [1.82, 2.24) is 9.55 Å². The summed E-state index contributed by atoms with van der Waals surface area (Å²) in [6, 6.07) is 0. The van der Waals surface area contributed by atoms with E-state index in [1.807, 2.05) is 6.92 Å². The van der Waals surface area contributed by atoms with Crippen LogP contribution in [0.15, 0.2) is 12.4 Å². The molecule has 0 aliphatic rings. The van der Waals surface area contributed by atoms with Gasteiger partial charge < -0.3 is 19.5 Å². The average Bonchev–Trinajstić information content (AvgIpc) is 2.75. The minimum atomic E-state index is -1.60. The summed E-state index contributed by atoms with van der Waals surface area (Å²) >= 11 is 0. The van der Waals surface area contributed by atoms with Gasteiger partial charge in [0.25, 0.3) is 0 Å². The van der Waals surface area contributed by atoms with E-state index in [0.717, 1.165) is 0 Å². The molecule has 2 atom stereocenters. The fraction of sp³-hybridized carbons (Fsp3) is 0.600. The van der Waals surface area contributed by atoms with Crippen LogP contribution in [0.5, 0.6) is 0 Å². The molecular weight excluding hydrogens is 212 g/mol. The Kier molecular flexibility index (Phi) is 4.45. The number of aryl methyl sites for hydroxylation is 1. The molecule has 0 fully saturated rings. The van der Waals surface area contributed by atoms with Gasteiger partial charge in [0.1, 0.15) is 11.9 Å². The normalized spacial score (nSPS) is 14.5. The first-order chi connectivity index (χ1) is 7.61. The lowest BCUT2D eigenvalue weighted by Crippen LogP contribution is -2.31. The number of carbonyl (C=O) groups is 1. The van der Waals surface area contributed by atoms with Crippen molar-refractivity contribution in [3.05, 3.63) is 18.2 Å². The van der Waals surface area contributed by atoms with Crippen LogP contribution in [-0.2, 0) is 16.1 Å². The van der Waals surface area contributed by atoms with Crippen molar-refractivity contribution < 1.29 is 19.7 Å². The Balaban J connectivity index is 2.77. The minimum Gasteiger partial charge on any atom is -0.464 e. The number of imidazole rings is 1. The molecule has 2 unspecified atom stereocenters. The SMILES string of the molecule is CCOC(=O)C(O)C(O)c1nccn1CC. The molecule has 6 heteroatoms. The molecule has 0 aromatic carbocycles. The van der Waals surface area contributed by atoms with Gasteiger partial charge in [0.2, 0.25) is 0 Å². The molecule has 1 aromatic rings. The fourth-order valence-corrected chi connectivity index (χ4v) is 1.35. The molecular formula is C10H16N2O4. The lowest BCUT2D eigenvalue weighted by Gasteiger charge is -2.16. The van der Waals surface area contributed by atoms with Crippen molar-refractivity contribution in [2.24, 2.45) is 0 Å². The number of aromatic nitrogens is 2. The maximum Gasteiger partial charge on any atom is 0.338 e. The topological polar surface area (TPSA) is 84.6 Å². The Labute approximate surface area is 93.5 Å². The summed E-state index contributed by atoms with van der Waals surface area (Å²) in [7, 11) is 0. The van der Waals surface area contributed by atoms with Crippen LogP contribution in [0.3, 0.4) is 0 Å². The van der Waals surface area contributed by atoms with Gasteiger partial charge in [-0.15, -0.1) is 0 Å². The predicted molar refractivity (Wildman–Crippen MR) is 55.5 cm³/mol. The van der Waals surface area contributed by atoms with Crippen LogP contribution in [0, 0.1) is 0 Å². The van der Waals surface area contributed by atoms with Crippen molar-refractivity contribution in [2.45, 2.75) is 32.6 Å². The number of aliphatic hydroxyl groups excluding tert-OH is 2. The first-order valence-corrected chi connectivity index (χ1v) is 5.15. The highest BCUT2D eigenvalue weighted by Crippen LogP contribution is 2.16. The zero-order chi connectivity index (χ0) is 12.1. The number of nitrogens with zero attached hydrogens (tertiary/aromatic N) is 2. The molecule has 1 aromatic heterocycles. The molecule has 0 amide bonds. The predicted octanol–water partition coefficient (Wildman–Crippen LogP) is -0.140. The van der Waals surface area contributed by atoms with Crippen LogP contribution in [0.1, 0.15) is 25.8 Å². The first kappa shape index (κ1) is 12.7. The van der Waals surface area contributed by atoms with Crippen LogP contribution in [0.2, 0.25) is 0 Å². The maximum atomic E-state index is 11.2. The summed E-state index contributed by atoms with van der Waals surface area (Å²) in [5.41, 5.74) is 0. The highest BCUT2D eigenvalue weighted by Gasteiger charge is 2.29. The lowest BCUT2D eigenvalue weighted by molar-refractivity contribution is -0.159. The van der Waals surface area contributed by atoms with Gasteiger partial charge >= 0.3 is 5.97 Å². The number of rotatable bonds is 5. The zero-order valence-electron chi connectivity index (χ0n) is 9.33. The number of hydrogen-bond donors (Lipinski definition) is 2. The van der Waals surface area contributed by atoms with E-state index in [0.29, 0.717) is 6.54 Å². The van der Waals surface area contributed by atoms with E-state index in [4.69, 9.17) is 0 Å². The Morgan fingerprint density at radius 1 is 1.56 bits per heavy atom. The first-order valence-electron chi connectivity index (χ1n) is 5.15. The van der Waals surface area contributed by atoms with Crippen LogP contribution in [0.25, 0.3) is 0 Å². The Morgan fingerprint density at radius 2 is 2.25 bits per heavy atom. The fourth-order valence-electron chi connectivity index (χ4n) is 1.35. The monoisotopic (exact) mass is 228 g/mol. The Hall–Kier alpha value is -1.40. The van der Waals surface area contributed by atoms with Crippen LogP contribution >= 0.6 is 0 Å². The molecule has 0 saturated heterocycles. The summed E-state index contributed by atoms with van der Waals surface area (Å²) in [6.45, 7) is 4.26. The molecule has 1 heterocycles. The Bertz CT molecular complexity index is 350. The van der Waals surface area contributed by atoms with E-state index < -0.39 is 18.2 Å². The highest BCUT2D eigenvalue weighted by atomic mass is 16.5. The second kappa shape index (κ2) is 5.62. The van der Waals surface area contributed by atoms with Crippen molar-refractivity contribution in [2.75, 3.05) is 6.61 Å². The molecule has 2 N–H and O–H groups in total. The number of aliphatic hydroxyl groups is 2. The minimum absolute atomic E-state index is 0.158. The second-order valence-corrected chi connectivity index (χ2v) is 3.21. The zero-order valence-corrected chi connectivity index (χ0v) is 9.33. The molecule has 0 spiro atoms. The van der Waals surface area contributed by atoms with Gasteiger partial charge in [-0.2, -0.15) is 0 Å². The third-order valence-corrected chi connectivity index (χ3v) is 2.18. The van der Waals surface area contributed by atoms with E-state index >= 15 is 0 Å². The smallest absolute Gasteiger partial charge is 0.338 e. The quantitative estimate of drug-likeness (QED) is 0.685. The molecule has 0 saturated carbocycles. The molecule has 90 valence electrons. The molecule has 6 nitrogen and oxygen atoms in total. The van der Waals surface area contributed by atoms with Crippen molar-refractivity contribution >= 4 is 5.97 Å². The molecule has 0 aliphatic carbocycles. The average molecular weight is 228 g/mol. The largest absolute Gasteiger partial charge is 0.464 e. The van der Waals surface area contributed by atoms with Gasteiger partial charge in [-0.25, -0.2) is 9.78 Å². The highest BCUT2D eigenvalue weighted by molar-refractivity contribution is 5.75. The van der Waals surface area contributed by atoms with Gasteiger partial charge in [-0.1, -0.05) is 0 Å². The van der Waals surface area contributed by atoms with Gasteiger partial charge in [-0.05, 0) is 13.8 Å². The van der Waals surface area contributed by atoms with Gasteiger partial charge in [0.05, 0.1) is 6.61 Å². The number of ether oxygens (including phenoxy) is 1. The van der Waals surface area contributed by atoms with Crippen molar-refractivity contribution in [3.63, 3.8) is 0 Å². The third-order valence-electron chi connectivity index (χ3n) is 2.18. The third kappa shape index (κ3) is 2.59. The van der Waals surface area contributed by atoms with Crippen LogP contribution < -0.4 is 0 Å². The Morgan fingerprint density at radius 3 is 2.81 bits per heavy atom. The van der Waals surface area contributed by atoms with Gasteiger partial charge in [0.15, 0.2) is 6.10 Å². The maximum absolute atomic E-state index is 11.2. The number of esters is 1. The van der Waals surface area contributed by atoms with Crippen molar-refractivity contribution in [3.8, 4) is 0 Å². The lowest BCUT2D eigenvalue weighted by atomic mass is 10.2. The van der Waals surface area contributed by atoms with E-state index in [9.17, 15) is 15.0 Å².